The summed E-state index contributed by atoms with van der Waals surface area (Å²) in [6.45, 7) is 1.84. The van der Waals surface area contributed by atoms with Gasteiger partial charge in [0.05, 0.1) is 6.04 Å². The van der Waals surface area contributed by atoms with E-state index in [2.05, 4.69) is 9.82 Å². The topological polar surface area (TPSA) is 116 Å². The summed E-state index contributed by atoms with van der Waals surface area (Å²) >= 11 is -2.35. The molecule has 2 aromatic rings. The van der Waals surface area contributed by atoms with Crippen LogP contribution in [0.2, 0.25) is 0 Å². The predicted molar refractivity (Wildman–Crippen MR) is 72.3 cm³/mol. The molecule has 0 saturated heterocycles. The van der Waals surface area contributed by atoms with Gasteiger partial charge in [-0.15, -0.1) is 0 Å². The smallest absolute Gasteiger partial charge is 0.269 e. The van der Waals surface area contributed by atoms with Crippen LogP contribution in [0.1, 0.15) is 18.5 Å². The lowest BCUT2D eigenvalue weighted by Crippen LogP contribution is -2.20. The summed E-state index contributed by atoms with van der Waals surface area (Å²) in [5, 5.41) is 2.76. The maximum absolute atomic E-state index is 11.6. The van der Waals surface area contributed by atoms with E-state index >= 15 is 0 Å². The van der Waals surface area contributed by atoms with Crippen molar-refractivity contribution in [2.45, 2.75) is 13.0 Å². The molecule has 1 aromatic heterocycles. The van der Waals surface area contributed by atoms with Crippen molar-refractivity contribution in [3.8, 4) is 0 Å². The van der Waals surface area contributed by atoms with Crippen molar-refractivity contribution in [1.82, 2.24) is 9.78 Å². The highest BCUT2D eigenvalue weighted by atomic mass is 32.2. The lowest BCUT2D eigenvalue weighted by molar-refractivity contribution is 0.542. The van der Waals surface area contributed by atoms with E-state index in [0.29, 0.717) is 11.5 Å². The average Bonchev–Trinajstić information content (AvgIpc) is 2.68. The van der Waals surface area contributed by atoms with E-state index in [-0.39, 0.29) is 11.6 Å². The van der Waals surface area contributed by atoms with Crippen LogP contribution in [0.25, 0.3) is 0 Å². The molecule has 7 nitrogen and oxygen atoms in total. The van der Waals surface area contributed by atoms with Crippen LogP contribution in [0, 0.1) is 0 Å². The molecule has 0 aliphatic heterocycles. The van der Waals surface area contributed by atoms with E-state index in [9.17, 15) is 13.6 Å². The van der Waals surface area contributed by atoms with Gasteiger partial charge in [-0.1, -0.05) is 12.1 Å². The molecular formula is C11H13N4O3S-. The average molecular weight is 281 g/mol. The number of benzene rings is 1. The summed E-state index contributed by atoms with van der Waals surface area (Å²) < 4.78 is 24.6. The number of nitrogens with two attached hydrogens (primary N) is 1. The number of aromatic nitrogens is 2. The number of hydrogen-bond acceptors (Lipinski definition) is 4. The van der Waals surface area contributed by atoms with Crippen LogP contribution in [0.5, 0.6) is 0 Å². The molecule has 2 atom stereocenters. The van der Waals surface area contributed by atoms with Gasteiger partial charge in [0.2, 0.25) is 0 Å². The fraction of sp³-hybridized carbons (Fsp3) is 0.182. The highest BCUT2D eigenvalue weighted by Crippen LogP contribution is 2.18. The molecule has 0 aliphatic carbocycles. The van der Waals surface area contributed by atoms with E-state index in [0.717, 1.165) is 5.56 Å². The molecule has 4 N–H and O–H groups in total. The monoisotopic (exact) mass is 281 g/mol. The fourth-order valence-corrected chi connectivity index (χ4v) is 2.12. The third kappa shape index (κ3) is 3.04. The van der Waals surface area contributed by atoms with Gasteiger partial charge in [0, 0.05) is 23.0 Å². The zero-order valence-electron chi connectivity index (χ0n) is 10.1. The second kappa shape index (κ2) is 5.29. The van der Waals surface area contributed by atoms with Gasteiger partial charge >= 0.3 is 0 Å². The minimum absolute atomic E-state index is 0.215. The minimum atomic E-state index is -2.35. The van der Waals surface area contributed by atoms with Crippen LogP contribution >= 0.6 is 0 Å². The molecule has 102 valence electrons. The predicted octanol–water partition coefficient (Wildman–Crippen LogP) is 0.574. The number of nitrogen functional groups attached to an aromatic ring is 1. The highest BCUT2D eigenvalue weighted by Gasteiger charge is 2.11. The van der Waals surface area contributed by atoms with Crippen molar-refractivity contribution in [3.05, 3.63) is 46.2 Å². The number of H-pyrrole nitrogens is 1. The van der Waals surface area contributed by atoms with E-state index in [1.165, 1.54) is 10.7 Å². The number of rotatable bonds is 4. The summed E-state index contributed by atoms with van der Waals surface area (Å²) in [5.41, 5.74) is 6.62. The molecule has 2 rings (SSSR count). The molecule has 1 heterocycles. The van der Waals surface area contributed by atoms with Crippen molar-refractivity contribution >= 4 is 22.8 Å². The Morgan fingerprint density at radius 3 is 2.53 bits per heavy atom. The first kappa shape index (κ1) is 13.4. The van der Waals surface area contributed by atoms with Crippen LogP contribution in [0.4, 0.5) is 11.5 Å². The van der Waals surface area contributed by atoms with E-state index < -0.39 is 11.3 Å². The highest BCUT2D eigenvalue weighted by molar-refractivity contribution is 7.80. The molecule has 0 bridgehead atoms. The molecule has 0 radical (unpaired) electrons. The maximum Gasteiger partial charge on any atom is 0.269 e. The first-order valence-electron chi connectivity index (χ1n) is 5.50. The van der Waals surface area contributed by atoms with Gasteiger partial charge in [-0.2, -0.15) is 0 Å². The third-order valence-electron chi connectivity index (χ3n) is 2.75. The van der Waals surface area contributed by atoms with E-state index in [1.807, 2.05) is 6.92 Å². The van der Waals surface area contributed by atoms with Crippen molar-refractivity contribution in [2.24, 2.45) is 0 Å². The Bertz CT molecular complexity index is 647. The van der Waals surface area contributed by atoms with Gasteiger partial charge < -0.3 is 15.0 Å². The lowest BCUT2D eigenvalue weighted by Gasteiger charge is -2.14. The van der Waals surface area contributed by atoms with Crippen LogP contribution in [0.15, 0.2) is 35.1 Å². The van der Waals surface area contributed by atoms with Gasteiger partial charge in [-0.25, -0.2) is 4.68 Å². The first-order valence-corrected chi connectivity index (χ1v) is 6.58. The van der Waals surface area contributed by atoms with Gasteiger partial charge in [-0.05, 0) is 24.6 Å². The Morgan fingerprint density at radius 1 is 1.42 bits per heavy atom. The van der Waals surface area contributed by atoms with Crippen LogP contribution in [-0.2, 0) is 11.3 Å². The van der Waals surface area contributed by atoms with Gasteiger partial charge in [0.1, 0.15) is 5.82 Å². The molecule has 0 aliphatic rings. The Kier molecular flexibility index (Phi) is 3.72. The number of hydrogen-bond donors (Lipinski definition) is 3. The van der Waals surface area contributed by atoms with Crippen molar-refractivity contribution in [2.75, 3.05) is 10.5 Å². The van der Waals surface area contributed by atoms with Crippen molar-refractivity contribution in [1.29, 1.82) is 0 Å². The Morgan fingerprint density at radius 2 is 2.05 bits per heavy atom. The van der Waals surface area contributed by atoms with Gasteiger partial charge in [0.15, 0.2) is 0 Å². The van der Waals surface area contributed by atoms with E-state index in [1.54, 1.807) is 24.3 Å². The number of nitrogens with one attached hydrogen (secondary N) is 2. The molecular weight excluding hydrogens is 268 g/mol. The first-order chi connectivity index (χ1) is 8.97. The molecule has 0 saturated carbocycles. The normalized spacial score (nSPS) is 14.0. The van der Waals surface area contributed by atoms with Gasteiger partial charge in [0.25, 0.3) is 5.56 Å². The zero-order chi connectivity index (χ0) is 14.0. The summed E-state index contributed by atoms with van der Waals surface area (Å²) in [4.78, 5) is 11.6. The maximum atomic E-state index is 11.6. The summed E-state index contributed by atoms with van der Waals surface area (Å²) in [5.74, 6) is 0.303. The molecule has 1 aromatic carbocycles. The lowest BCUT2D eigenvalue weighted by atomic mass is 10.1. The minimum Gasteiger partial charge on any atom is -0.755 e. The van der Waals surface area contributed by atoms with Gasteiger partial charge in [-0.3, -0.25) is 14.1 Å². The van der Waals surface area contributed by atoms with Crippen LogP contribution in [-0.4, -0.2) is 18.5 Å². The van der Waals surface area contributed by atoms with Crippen molar-refractivity contribution in [3.63, 3.8) is 0 Å². The summed E-state index contributed by atoms with van der Waals surface area (Å²) in [6, 6.07) is 7.81. The van der Waals surface area contributed by atoms with Crippen molar-refractivity contribution < 1.29 is 8.76 Å². The zero-order valence-corrected chi connectivity index (χ0v) is 10.9. The number of anilines is 2. The largest absolute Gasteiger partial charge is 0.755 e. The molecule has 19 heavy (non-hydrogen) atoms. The number of aromatic amines is 1. The summed E-state index contributed by atoms with van der Waals surface area (Å²) in [7, 11) is 0. The third-order valence-corrected chi connectivity index (χ3v) is 3.15. The quantitative estimate of drug-likeness (QED) is 0.710. The van der Waals surface area contributed by atoms with Crippen LogP contribution < -0.4 is 16.0 Å². The Labute approximate surface area is 111 Å². The molecule has 0 amide bonds. The second-order valence-electron chi connectivity index (χ2n) is 4.05. The second-order valence-corrected chi connectivity index (χ2v) is 4.73. The molecule has 2 unspecified atom stereocenters. The SMILES string of the molecule is CC(c1ccc(NS(=O)[O-])cc1)n1[nH]c(N)cc1=O. The van der Waals surface area contributed by atoms with Crippen LogP contribution in [0.3, 0.4) is 0 Å². The molecule has 0 spiro atoms. The number of nitrogens with zero attached hydrogens (tertiary/aromatic N) is 1. The van der Waals surface area contributed by atoms with E-state index in [4.69, 9.17) is 5.73 Å². The molecule has 0 fully saturated rings. The Hall–Kier alpha value is -2.06. The fourth-order valence-electron chi connectivity index (χ4n) is 1.79. The molecule has 8 heteroatoms. The standard InChI is InChI=1S/C11H14N4O3S/c1-7(15-11(16)6-10(12)13-15)8-2-4-9(5-3-8)14-19(17)18/h2-7,13-14H,12H2,1H3,(H,17,18)/p-1. The summed E-state index contributed by atoms with van der Waals surface area (Å²) in [6.07, 6.45) is 0. The Balaban J connectivity index is 2.24.